The molecule has 1 aliphatic rings. The lowest BCUT2D eigenvalue weighted by molar-refractivity contribution is 0.157. The number of thioether (sulfide) groups is 2. The van der Waals surface area contributed by atoms with Crippen LogP contribution < -0.4 is 0 Å². The molecule has 16 heavy (non-hydrogen) atoms. The molecule has 0 spiro atoms. The second-order valence-corrected chi connectivity index (χ2v) is 7.45. The fourth-order valence-corrected chi connectivity index (χ4v) is 5.08. The molecule has 0 aliphatic carbocycles. The van der Waals surface area contributed by atoms with Gasteiger partial charge in [0.25, 0.3) is 0 Å². The summed E-state index contributed by atoms with van der Waals surface area (Å²) < 4.78 is 0. The Morgan fingerprint density at radius 2 is 1.81 bits per heavy atom. The van der Waals surface area contributed by atoms with E-state index < -0.39 is 0 Å². The Balaban J connectivity index is 2.10. The van der Waals surface area contributed by atoms with Gasteiger partial charge in [0.1, 0.15) is 0 Å². The maximum Gasteiger partial charge on any atom is 0.0669 e. The van der Waals surface area contributed by atoms with Gasteiger partial charge in [-0.3, -0.25) is 0 Å². The van der Waals surface area contributed by atoms with Gasteiger partial charge >= 0.3 is 0 Å². The highest BCUT2D eigenvalue weighted by molar-refractivity contribution is 8.07. The van der Waals surface area contributed by atoms with E-state index in [1.54, 1.807) is 0 Å². The van der Waals surface area contributed by atoms with Crippen molar-refractivity contribution >= 4 is 23.5 Å². The average molecular weight is 262 g/mol. The largest absolute Gasteiger partial charge is 0.392 e. The number of unbranched alkanes of at least 4 members (excludes halogenated alkanes) is 4. The lowest BCUT2D eigenvalue weighted by Crippen LogP contribution is -2.34. The van der Waals surface area contributed by atoms with Crippen molar-refractivity contribution in [1.82, 2.24) is 0 Å². The monoisotopic (exact) mass is 262 g/mol. The number of aliphatic hydroxyl groups is 1. The summed E-state index contributed by atoms with van der Waals surface area (Å²) >= 11 is 4.00. The van der Waals surface area contributed by atoms with E-state index in [-0.39, 0.29) is 6.10 Å². The van der Waals surface area contributed by atoms with Crippen LogP contribution in [0.1, 0.15) is 52.4 Å². The minimum absolute atomic E-state index is 0.0746. The molecule has 0 radical (unpaired) electrons. The summed E-state index contributed by atoms with van der Waals surface area (Å²) in [6.07, 6.45) is 7.42. The van der Waals surface area contributed by atoms with Crippen LogP contribution in [0, 0.1) is 0 Å². The van der Waals surface area contributed by atoms with Gasteiger partial charge in [0, 0.05) is 22.0 Å². The molecule has 0 aromatic heterocycles. The molecule has 1 N–H and O–H groups in total. The van der Waals surface area contributed by atoms with Crippen LogP contribution in [0.3, 0.4) is 0 Å². The molecule has 0 bridgehead atoms. The minimum Gasteiger partial charge on any atom is -0.392 e. The Kier molecular flexibility index (Phi) is 8.01. The van der Waals surface area contributed by atoms with Crippen LogP contribution in [-0.2, 0) is 0 Å². The lowest BCUT2D eigenvalue weighted by atomic mass is 10.0. The van der Waals surface area contributed by atoms with Gasteiger partial charge < -0.3 is 5.11 Å². The van der Waals surface area contributed by atoms with E-state index >= 15 is 0 Å². The molecular weight excluding hydrogens is 236 g/mol. The van der Waals surface area contributed by atoms with Crippen LogP contribution in [0.2, 0.25) is 0 Å². The van der Waals surface area contributed by atoms with E-state index in [2.05, 4.69) is 13.8 Å². The van der Waals surface area contributed by atoms with Gasteiger partial charge in [0.05, 0.1) is 6.10 Å². The molecule has 1 rings (SSSR count). The smallest absolute Gasteiger partial charge is 0.0669 e. The molecule has 1 aliphatic heterocycles. The highest BCUT2D eigenvalue weighted by atomic mass is 32.2. The molecule has 1 saturated heterocycles. The zero-order chi connectivity index (χ0) is 11.8. The van der Waals surface area contributed by atoms with Gasteiger partial charge in [0.2, 0.25) is 0 Å². The van der Waals surface area contributed by atoms with Crippen LogP contribution in [-0.4, -0.2) is 33.2 Å². The fraction of sp³-hybridized carbons (Fsp3) is 1.00. The molecule has 3 unspecified atom stereocenters. The molecule has 1 fully saturated rings. The molecule has 96 valence electrons. The van der Waals surface area contributed by atoms with E-state index in [9.17, 15) is 5.11 Å². The first-order valence-electron chi connectivity index (χ1n) is 6.67. The van der Waals surface area contributed by atoms with Crippen LogP contribution in [0.15, 0.2) is 0 Å². The predicted molar refractivity (Wildman–Crippen MR) is 77.5 cm³/mol. The Morgan fingerprint density at radius 3 is 2.50 bits per heavy atom. The summed E-state index contributed by atoms with van der Waals surface area (Å²) in [7, 11) is 0. The van der Waals surface area contributed by atoms with Crippen molar-refractivity contribution in [1.29, 1.82) is 0 Å². The SMILES string of the molecule is CCCCCCCC(O)C1SCCSC1C. The minimum atomic E-state index is -0.0746. The molecule has 3 atom stereocenters. The first-order valence-corrected chi connectivity index (χ1v) is 8.76. The highest BCUT2D eigenvalue weighted by Crippen LogP contribution is 2.34. The standard InChI is InChI=1S/C13H26OS2/c1-3-4-5-6-7-8-12(14)13-11(2)15-9-10-16-13/h11-14H,3-10H2,1-2H3. The first kappa shape index (κ1) is 14.7. The molecule has 0 amide bonds. The van der Waals surface area contributed by atoms with Crippen LogP contribution in [0.25, 0.3) is 0 Å². The molecule has 1 heterocycles. The van der Waals surface area contributed by atoms with Crippen molar-refractivity contribution in [3.8, 4) is 0 Å². The van der Waals surface area contributed by atoms with E-state index in [0.717, 1.165) is 6.42 Å². The second-order valence-electron chi connectivity index (χ2n) is 4.68. The average Bonchev–Trinajstić information content (AvgIpc) is 2.29. The maximum absolute atomic E-state index is 10.2. The van der Waals surface area contributed by atoms with Gasteiger partial charge in [-0.2, -0.15) is 23.5 Å². The molecule has 0 saturated carbocycles. The van der Waals surface area contributed by atoms with Gasteiger partial charge in [-0.15, -0.1) is 0 Å². The third-order valence-electron chi connectivity index (χ3n) is 3.22. The number of hydrogen-bond donors (Lipinski definition) is 1. The van der Waals surface area contributed by atoms with Crippen LogP contribution in [0.5, 0.6) is 0 Å². The summed E-state index contributed by atoms with van der Waals surface area (Å²) in [5.74, 6) is 2.47. The number of hydrogen-bond acceptors (Lipinski definition) is 3. The van der Waals surface area contributed by atoms with Crippen LogP contribution in [0.4, 0.5) is 0 Å². The zero-order valence-corrected chi connectivity index (χ0v) is 12.3. The van der Waals surface area contributed by atoms with Gasteiger partial charge in [-0.1, -0.05) is 46.0 Å². The Hall–Kier alpha value is 0.660. The van der Waals surface area contributed by atoms with Crippen molar-refractivity contribution in [3.05, 3.63) is 0 Å². The summed E-state index contributed by atoms with van der Waals surface area (Å²) in [5, 5.41) is 11.3. The maximum atomic E-state index is 10.2. The molecule has 0 aromatic carbocycles. The van der Waals surface area contributed by atoms with E-state index in [1.807, 2.05) is 23.5 Å². The quantitative estimate of drug-likeness (QED) is 0.702. The topological polar surface area (TPSA) is 20.2 Å². The summed E-state index contributed by atoms with van der Waals surface area (Å²) in [5.41, 5.74) is 0. The summed E-state index contributed by atoms with van der Waals surface area (Å²) in [6.45, 7) is 4.51. The zero-order valence-electron chi connectivity index (χ0n) is 10.7. The van der Waals surface area contributed by atoms with Crippen LogP contribution >= 0.6 is 23.5 Å². The van der Waals surface area contributed by atoms with Crippen molar-refractivity contribution in [2.24, 2.45) is 0 Å². The third kappa shape index (κ3) is 5.33. The Bertz CT molecular complexity index is 175. The Morgan fingerprint density at radius 1 is 1.12 bits per heavy atom. The molecule has 3 heteroatoms. The summed E-state index contributed by atoms with van der Waals surface area (Å²) in [6, 6.07) is 0. The number of aliphatic hydroxyl groups excluding tert-OH is 1. The fourth-order valence-electron chi connectivity index (χ4n) is 2.19. The molecule has 1 nitrogen and oxygen atoms in total. The number of rotatable bonds is 7. The Labute approximate surface area is 109 Å². The molecule has 0 aromatic rings. The molecular formula is C13H26OS2. The van der Waals surface area contributed by atoms with E-state index in [0.29, 0.717) is 10.5 Å². The predicted octanol–water partition coefficient (Wildman–Crippen LogP) is 3.94. The first-order chi connectivity index (χ1) is 7.75. The normalized spacial score (nSPS) is 27.9. The van der Waals surface area contributed by atoms with Crippen molar-refractivity contribution in [3.63, 3.8) is 0 Å². The second kappa shape index (κ2) is 8.71. The lowest BCUT2D eigenvalue weighted by Gasteiger charge is -2.31. The third-order valence-corrected chi connectivity index (χ3v) is 6.46. The van der Waals surface area contributed by atoms with E-state index in [4.69, 9.17) is 0 Å². The van der Waals surface area contributed by atoms with Gasteiger partial charge in [-0.25, -0.2) is 0 Å². The van der Waals surface area contributed by atoms with Crippen molar-refractivity contribution in [2.45, 2.75) is 69.0 Å². The summed E-state index contributed by atoms with van der Waals surface area (Å²) in [4.78, 5) is 0. The van der Waals surface area contributed by atoms with Gasteiger partial charge in [-0.05, 0) is 6.42 Å². The highest BCUT2D eigenvalue weighted by Gasteiger charge is 2.28. The van der Waals surface area contributed by atoms with E-state index in [1.165, 1.54) is 43.6 Å². The van der Waals surface area contributed by atoms with Crippen molar-refractivity contribution in [2.75, 3.05) is 11.5 Å². The van der Waals surface area contributed by atoms with Crippen molar-refractivity contribution < 1.29 is 5.11 Å². The van der Waals surface area contributed by atoms with Gasteiger partial charge in [0.15, 0.2) is 0 Å².